The van der Waals surface area contributed by atoms with Crippen LogP contribution in [0.3, 0.4) is 0 Å². The fourth-order valence-corrected chi connectivity index (χ4v) is 1.89. The number of hydrogen-bond acceptors (Lipinski definition) is 4. The highest BCUT2D eigenvalue weighted by atomic mass is 16.6. The predicted octanol–water partition coefficient (Wildman–Crippen LogP) is 2.40. The Kier molecular flexibility index (Phi) is 3.39. The quantitative estimate of drug-likeness (QED) is 0.669. The van der Waals surface area contributed by atoms with E-state index in [4.69, 9.17) is 9.47 Å². The van der Waals surface area contributed by atoms with Crippen molar-refractivity contribution >= 4 is 5.78 Å². The summed E-state index contributed by atoms with van der Waals surface area (Å²) in [6.45, 7) is 1.18. The molecule has 102 valence electrons. The van der Waals surface area contributed by atoms with E-state index >= 15 is 0 Å². The maximum absolute atomic E-state index is 12.2. The number of epoxide rings is 1. The van der Waals surface area contributed by atoms with Crippen LogP contribution in [0.5, 0.6) is 11.5 Å². The van der Waals surface area contributed by atoms with Crippen LogP contribution in [-0.4, -0.2) is 30.2 Å². The molecule has 2 aromatic rings. The van der Waals surface area contributed by atoms with Gasteiger partial charge in [0.05, 0.1) is 12.2 Å². The van der Waals surface area contributed by atoms with Crippen LogP contribution in [0.25, 0.3) is 0 Å². The van der Waals surface area contributed by atoms with Gasteiger partial charge in [-0.05, 0) is 12.1 Å². The average Bonchev–Trinajstić information content (AvgIpc) is 3.30. The first kappa shape index (κ1) is 12.7. The van der Waals surface area contributed by atoms with Crippen LogP contribution in [0.15, 0.2) is 48.5 Å². The number of rotatable bonds is 5. The van der Waals surface area contributed by atoms with Gasteiger partial charge in [-0.1, -0.05) is 30.3 Å². The molecule has 0 bridgehead atoms. The van der Waals surface area contributed by atoms with Crippen LogP contribution >= 0.6 is 0 Å². The first-order valence-corrected chi connectivity index (χ1v) is 6.41. The number of ether oxygens (including phenoxy) is 2. The molecule has 1 unspecified atom stereocenters. The Balaban J connectivity index is 1.77. The van der Waals surface area contributed by atoms with Gasteiger partial charge in [-0.2, -0.15) is 0 Å². The van der Waals surface area contributed by atoms with Crippen LogP contribution in [-0.2, 0) is 4.74 Å². The first-order valence-electron chi connectivity index (χ1n) is 6.41. The second-order valence-corrected chi connectivity index (χ2v) is 4.64. The summed E-state index contributed by atoms with van der Waals surface area (Å²) in [5.74, 6) is 0.246. The first-order chi connectivity index (χ1) is 9.74. The maximum atomic E-state index is 12.2. The summed E-state index contributed by atoms with van der Waals surface area (Å²) >= 11 is 0. The summed E-state index contributed by atoms with van der Waals surface area (Å²) in [6, 6.07) is 13.6. The third-order valence-electron chi connectivity index (χ3n) is 3.09. The summed E-state index contributed by atoms with van der Waals surface area (Å²) in [5.41, 5.74) is 0.814. The second kappa shape index (κ2) is 5.35. The van der Waals surface area contributed by atoms with Crippen molar-refractivity contribution in [3.8, 4) is 11.5 Å². The Hall–Kier alpha value is -2.33. The molecule has 1 aliphatic heterocycles. The molecule has 1 aliphatic rings. The summed E-state index contributed by atoms with van der Waals surface area (Å²) in [5, 5.41) is 9.97. The number of carbonyl (C=O) groups is 1. The zero-order chi connectivity index (χ0) is 13.9. The van der Waals surface area contributed by atoms with E-state index in [0.717, 1.165) is 6.61 Å². The standard InChI is InChI=1S/C16H14O4/c17-15-8-12(19-9-13-10-20-13)6-7-14(15)16(18)11-4-2-1-3-5-11/h1-8,13,17H,9-10H2. The van der Waals surface area contributed by atoms with Gasteiger partial charge in [0, 0.05) is 11.6 Å². The van der Waals surface area contributed by atoms with Crippen LogP contribution < -0.4 is 4.74 Å². The van der Waals surface area contributed by atoms with Gasteiger partial charge in [0.2, 0.25) is 0 Å². The van der Waals surface area contributed by atoms with E-state index in [1.165, 1.54) is 6.07 Å². The van der Waals surface area contributed by atoms with Gasteiger partial charge < -0.3 is 14.6 Å². The molecule has 1 heterocycles. The number of phenolic OH excluding ortho intramolecular Hbond substituents is 1. The fraction of sp³-hybridized carbons (Fsp3) is 0.188. The molecule has 3 rings (SSSR count). The van der Waals surface area contributed by atoms with Crippen molar-refractivity contribution in [3.05, 3.63) is 59.7 Å². The highest BCUT2D eigenvalue weighted by Crippen LogP contribution is 2.26. The molecule has 0 amide bonds. The lowest BCUT2D eigenvalue weighted by molar-refractivity contribution is 0.103. The van der Waals surface area contributed by atoms with Gasteiger partial charge in [-0.3, -0.25) is 4.79 Å². The van der Waals surface area contributed by atoms with Gasteiger partial charge in [0.25, 0.3) is 0 Å². The maximum Gasteiger partial charge on any atom is 0.196 e. The van der Waals surface area contributed by atoms with E-state index in [1.54, 1.807) is 36.4 Å². The minimum Gasteiger partial charge on any atom is -0.507 e. The van der Waals surface area contributed by atoms with E-state index in [1.807, 2.05) is 6.07 Å². The molecule has 1 atom stereocenters. The monoisotopic (exact) mass is 270 g/mol. The zero-order valence-electron chi connectivity index (χ0n) is 10.8. The molecule has 0 aliphatic carbocycles. The van der Waals surface area contributed by atoms with Crippen LogP contribution in [0.2, 0.25) is 0 Å². The van der Waals surface area contributed by atoms with Gasteiger partial charge in [0.1, 0.15) is 24.2 Å². The minimum absolute atomic E-state index is 0.0759. The van der Waals surface area contributed by atoms with Crippen LogP contribution in [0, 0.1) is 0 Å². The lowest BCUT2D eigenvalue weighted by Gasteiger charge is -2.08. The van der Waals surface area contributed by atoms with Crippen molar-refractivity contribution in [2.24, 2.45) is 0 Å². The van der Waals surface area contributed by atoms with Gasteiger partial charge in [0.15, 0.2) is 5.78 Å². The molecule has 1 saturated heterocycles. The number of phenols is 1. The lowest BCUT2D eigenvalue weighted by Crippen LogP contribution is -2.05. The Bertz CT molecular complexity index is 618. The molecule has 0 radical (unpaired) electrons. The SMILES string of the molecule is O=C(c1ccccc1)c1ccc(OCC2CO2)cc1O. The number of benzene rings is 2. The number of hydrogen-bond donors (Lipinski definition) is 1. The highest BCUT2D eigenvalue weighted by molar-refractivity contribution is 6.10. The minimum atomic E-state index is -0.208. The van der Waals surface area contributed by atoms with Crippen molar-refractivity contribution < 1.29 is 19.4 Å². The van der Waals surface area contributed by atoms with Crippen molar-refractivity contribution in [1.82, 2.24) is 0 Å². The summed E-state index contributed by atoms with van der Waals surface area (Å²) < 4.78 is 10.5. The van der Waals surface area contributed by atoms with E-state index in [-0.39, 0.29) is 23.2 Å². The Labute approximate surface area is 116 Å². The van der Waals surface area contributed by atoms with E-state index in [2.05, 4.69) is 0 Å². The smallest absolute Gasteiger partial charge is 0.196 e. The van der Waals surface area contributed by atoms with E-state index in [0.29, 0.717) is 17.9 Å². The molecule has 2 aromatic carbocycles. The molecular weight excluding hydrogens is 256 g/mol. The zero-order valence-corrected chi connectivity index (χ0v) is 10.8. The normalized spacial score (nSPS) is 16.7. The molecule has 0 aromatic heterocycles. The predicted molar refractivity (Wildman–Crippen MR) is 73.2 cm³/mol. The topological polar surface area (TPSA) is 59.1 Å². The number of ketones is 1. The molecular formula is C16H14O4. The third kappa shape index (κ3) is 2.81. The molecule has 1 fully saturated rings. The van der Waals surface area contributed by atoms with Crippen LogP contribution in [0.4, 0.5) is 0 Å². The van der Waals surface area contributed by atoms with Crippen LogP contribution in [0.1, 0.15) is 15.9 Å². The second-order valence-electron chi connectivity index (χ2n) is 4.64. The summed E-state index contributed by atoms with van der Waals surface area (Å²) in [7, 11) is 0. The molecule has 0 spiro atoms. The number of carbonyl (C=O) groups excluding carboxylic acids is 1. The summed E-state index contributed by atoms with van der Waals surface area (Å²) in [4.78, 5) is 12.2. The largest absolute Gasteiger partial charge is 0.507 e. The average molecular weight is 270 g/mol. The summed E-state index contributed by atoms with van der Waals surface area (Å²) in [6.07, 6.45) is 0.155. The third-order valence-corrected chi connectivity index (χ3v) is 3.09. The Morgan fingerprint density at radius 2 is 2.00 bits per heavy atom. The van der Waals surface area contributed by atoms with E-state index in [9.17, 15) is 9.90 Å². The Morgan fingerprint density at radius 1 is 1.25 bits per heavy atom. The highest BCUT2D eigenvalue weighted by Gasteiger charge is 2.23. The molecule has 4 nitrogen and oxygen atoms in total. The van der Waals surface area contributed by atoms with Gasteiger partial charge >= 0.3 is 0 Å². The fourth-order valence-electron chi connectivity index (χ4n) is 1.89. The lowest BCUT2D eigenvalue weighted by atomic mass is 10.0. The van der Waals surface area contributed by atoms with Crippen molar-refractivity contribution in [2.45, 2.75) is 6.10 Å². The molecule has 0 saturated carbocycles. The van der Waals surface area contributed by atoms with Crippen molar-refractivity contribution in [1.29, 1.82) is 0 Å². The van der Waals surface area contributed by atoms with Gasteiger partial charge in [-0.15, -0.1) is 0 Å². The van der Waals surface area contributed by atoms with E-state index < -0.39 is 0 Å². The molecule has 4 heteroatoms. The van der Waals surface area contributed by atoms with Crippen molar-refractivity contribution in [2.75, 3.05) is 13.2 Å². The Morgan fingerprint density at radius 3 is 2.65 bits per heavy atom. The van der Waals surface area contributed by atoms with Crippen molar-refractivity contribution in [3.63, 3.8) is 0 Å². The number of aromatic hydroxyl groups is 1. The molecule has 20 heavy (non-hydrogen) atoms. The molecule has 1 N–H and O–H groups in total. The van der Waals surface area contributed by atoms with Gasteiger partial charge in [-0.25, -0.2) is 0 Å².